The van der Waals surface area contributed by atoms with Gasteiger partial charge in [0.2, 0.25) is 11.9 Å². The van der Waals surface area contributed by atoms with Gasteiger partial charge < -0.3 is 20.3 Å². The summed E-state index contributed by atoms with van der Waals surface area (Å²) in [4.78, 5) is 37.3. The standard InChI is InChI=1S/C45H51Cl3N12O2/c1-44(2,3)39-31(33-17-37-27(15-35(33)47)19-50-42(55-37)56-38-21-52-60(40(38)48)30-8-9-30)11-13-58(39)43(61)62-45(4,5)24-57-12-10-25(22-57)32-16-36-26(14-34(32)46)18-49-41(54-36)53-28-20-51-59(23-28)29-6-7-29/h14-21,23,25,29-31,39H,6-13,22,24H2,1-5H3,(H,49,53,54)(H,50,55,56). The fourth-order valence-corrected chi connectivity index (χ4v) is 10.5. The average Bonchev–Trinajstić information content (AvgIpc) is 4.05. The molecule has 62 heavy (non-hydrogen) atoms. The molecule has 2 aliphatic carbocycles. The van der Waals surface area contributed by atoms with Crippen molar-refractivity contribution in [1.29, 1.82) is 0 Å². The number of carbonyl (C=O) groups is 1. The van der Waals surface area contributed by atoms with Gasteiger partial charge in [0, 0.05) is 71.0 Å². The third-order valence-corrected chi connectivity index (χ3v) is 13.7. The van der Waals surface area contributed by atoms with E-state index in [2.05, 4.69) is 62.5 Å². The topological polar surface area (TPSA) is 144 Å². The SMILES string of the molecule is CC(C)(CN1CCC(c2cc3nc(Nc4cnn(C5CC5)c4)ncc3cc2Cl)C1)OC(=O)N1CCC(c2cc3nc(Nc4cnn(C5CC5)c4Cl)ncc3cc2Cl)C1C(C)(C)C. The van der Waals surface area contributed by atoms with Crippen molar-refractivity contribution < 1.29 is 9.53 Å². The molecule has 1 amide bonds. The summed E-state index contributed by atoms with van der Waals surface area (Å²) in [5.74, 6) is 1.12. The second-order valence-electron chi connectivity index (χ2n) is 19.2. The number of anilines is 4. The first-order valence-electron chi connectivity index (χ1n) is 21.6. The van der Waals surface area contributed by atoms with Crippen molar-refractivity contribution in [2.75, 3.05) is 36.8 Å². The molecule has 0 radical (unpaired) electrons. The quantitative estimate of drug-likeness (QED) is 0.128. The second-order valence-corrected chi connectivity index (χ2v) is 20.4. The molecule has 14 nitrogen and oxygen atoms in total. The Labute approximate surface area is 375 Å². The van der Waals surface area contributed by atoms with E-state index in [-0.39, 0.29) is 29.4 Å². The molecule has 17 heteroatoms. The highest BCUT2D eigenvalue weighted by Gasteiger charge is 2.47. The summed E-state index contributed by atoms with van der Waals surface area (Å²) in [7, 11) is 0. The van der Waals surface area contributed by atoms with Crippen molar-refractivity contribution in [3.8, 4) is 0 Å². The van der Waals surface area contributed by atoms with E-state index in [1.165, 1.54) is 12.8 Å². The highest BCUT2D eigenvalue weighted by molar-refractivity contribution is 6.33. The van der Waals surface area contributed by atoms with Gasteiger partial charge in [0.25, 0.3) is 0 Å². The second kappa shape index (κ2) is 15.8. The van der Waals surface area contributed by atoms with Crippen LogP contribution in [-0.2, 0) is 4.74 Å². The van der Waals surface area contributed by atoms with Crippen molar-refractivity contribution in [3.63, 3.8) is 0 Å². The number of halogens is 3. The van der Waals surface area contributed by atoms with Crippen molar-refractivity contribution in [1.82, 2.24) is 49.3 Å². The Kier molecular flexibility index (Phi) is 10.5. The number of ether oxygens (including phenoxy) is 1. The fourth-order valence-electron chi connectivity index (χ4n) is 9.54. The molecule has 0 bridgehead atoms. The van der Waals surface area contributed by atoms with Crippen LogP contribution in [-0.4, -0.2) is 93.2 Å². The number of benzene rings is 2. The van der Waals surface area contributed by atoms with Gasteiger partial charge in [0.05, 0.1) is 46.9 Å². The first kappa shape index (κ1) is 41.3. The lowest BCUT2D eigenvalue weighted by Gasteiger charge is -2.40. The average molecular weight is 898 g/mol. The zero-order valence-electron chi connectivity index (χ0n) is 35.6. The Bertz CT molecular complexity index is 2690. The summed E-state index contributed by atoms with van der Waals surface area (Å²) in [6.45, 7) is 13.3. The minimum Gasteiger partial charge on any atom is -0.442 e. The van der Waals surface area contributed by atoms with Gasteiger partial charge in [0.1, 0.15) is 5.60 Å². The van der Waals surface area contributed by atoms with Crippen molar-refractivity contribution >= 4 is 86.0 Å². The third kappa shape index (κ3) is 8.38. The molecule has 4 fully saturated rings. The van der Waals surface area contributed by atoms with E-state index >= 15 is 0 Å². The number of hydrogen-bond donors (Lipinski definition) is 2. The number of amides is 1. The first-order chi connectivity index (χ1) is 29.7. The summed E-state index contributed by atoms with van der Waals surface area (Å²) >= 11 is 20.6. The lowest BCUT2D eigenvalue weighted by molar-refractivity contribution is -0.0143. The zero-order valence-corrected chi connectivity index (χ0v) is 37.8. The van der Waals surface area contributed by atoms with E-state index in [4.69, 9.17) is 49.5 Å². The third-order valence-electron chi connectivity index (χ3n) is 12.6. The molecule has 2 aromatic carbocycles. The van der Waals surface area contributed by atoms with Crippen LogP contribution in [0.4, 0.5) is 28.1 Å². The van der Waals surface area contributed by atoms with Gasteiger partial charge in [-0.15, -0.1) is 0 Å². The maximum absolute atomic E-state index is 14.3. The van der Waals surface area contributed by atoms with Gasteiger partial charge >= 0.3 is 6.09 Å². The normalized spacial score (nSPS) is 21.0. The number of fused-ring (bicyclic) bond motifs is 2. The molecule has 2 N–H and O–H groups in total. The number of carbonyl (C=O) groups excluding carboxylic acids is 1. The molecule has 324 valence electrons. The maximum atomic E-state index is 14.3. The van der Waals surface area contributed by atoms with Crippen LogP contribution < -0.4 is 10.6 Å². The van der Waals surface area contributed by atoms with Crippen LogP contribution in [0, 0.1) is 5.41 Å². The minimum absolute atomic E-state index is 0.0327. The molecule has 2 saturated heterocycles. The molecule has 4 aliphatic rings. The van der Waals surface area contributed by atoms with Gasteiger partial charge in [0.15, 0.2) is 5.15 Å². The predicted molar refractivity (Wildman–Crippen MR) is 243 cm³/mol. The molecule has 6 heterocycles. The molecule has 0 spiro atoms. The summed E-state index contributed by atoms with van der Waals surface area (Å²) in [6, 6.07) is 8.71. The number of aromatic nitrogens is 8. The lowest BCUT2D eigenvalue weighted by atomic mass is 9.76. The molecule has 2 saturated carbocycles. The molecule has 10 rings (SSSR count). The van der Waals surface area contributed by atoms with Gasteiger partial charge in [-0.05, 0) is 106 Å². The number of hydrogen-bond acceptors (Lipinski definition) is 11. The Balaban J connectivity index is 0.804. The molecule has 6 aromatic rings. The van der Waals surface area contributed by atoms with E-state index in [1.54, 1.807) is 18.6 Å². The molecule has 3 atom stereocenters. The predicted octanol–water partition coefficient (Wildman–Crippen LogP) is 10.7. The van der Waals surface area contributed by atoms with Crippen LogP contribution in [0.1, 0.15) is 108 Å². The van der Waals surface area contributed by atoms with Crippen molar-refractivity contribution in [2.24, 2.45) is 5.41 Å². The lowest BCUT2D eigenvalue weighted by Crippen LogP contribution is -2.49. The van der Waals surface area contributed by atoms with Crippen LogP contribution >= 0.6 is 34.8 Å². The van der Waals surface area contributed by atoms with E-state index in [9.17, 15) is 4.79 Å². The van der Waals surface area contributed by atoms with E-state index < -0.39 is 5.60 Å². The van der Waals surface area contributed by atoms with Crippen LogP contribution in [0.15, 0.2) is 55.2 Å². The summed E-state index contributed by atoms with van der Waals surface area (Å²) in [5, 5.41) is 19.1. The molecule has 4 aromatic heterocycles. The molecular weight excluding hydrogens is 847 g/mol. The Hall–Kier alpha value is -4.76. The van der Waals surface area contributed by atoms with Crippen molar-refractivity contribution in [3.05, 3.63) is 81.6 Å². The summed E-state index contributed by atoms with van der Waals surface area (Å²) < 4.78 is 10.3. The molecule has 2 aliphatic heterocycles. The zero-order chi connectivity index (χ0) is 43.1. The minimum atomic E-state index is -0.750. The maximum Gasteiger partial charge on any atom is 0.410 e. The van der Waals surface area contributed by atoms with Crippen LogP contribution in [0.5, 0.6) is 0 Å². The van der Waals surface area contributed by atoms with E-state index in [0.29, 0.717) is 58.0 Å². The first-order valence-corrected chi connectivity index (χ1v) is 22.7. The van der Waals surface area contributed by atoms with Crippen LogP contribution in [0.25, 0.3) is 21.8 Å². The van der Waals surface area contributed by atoms with Gasteiger partial charge in [-0.3, -0.25) is 9.58 Å². The van der Waals surface area contributed by atoms with Gasteiger partial charge in [-0.2, -0.15) is 10.2 Å². The Morgan fingerprint density at radius 3 is 2.11 bits per heavy atom. The smallest absolute Gasteiger partial charge is 0.410 e. The number of likely N-dealkylation sites (tertiary alicyclic amines) is 2. The highest BCUT2D eigenvalue weighted by atomic mass is 35.5. The van der Waals surface area contributed by atoms with E-state index in [0.717, 1.165) is 77.4 Å². The Morgan fingerprint density at radius 1 is 0.774 bits per heavy atom. The summed E-state index contributed by atoms with van der Waals surface area (Å²) in [5.41, 5.74) is 4.11. The van der Waals surface area contributed by atoms with Gasteiger partial charge in [-0.1, -0.05) is 55.6 Å². The number of rotatable bonds is 11. The monoisotopic (exact) mass is 896 g/mol. The van der Waals surface area contributed by atoms with Crippen LogP contribution in [0.3, 0.4) is 0 Å². The number of nitrogens with one attached hydrogen (secondary N) is 2. The highest BCUT2D eigenvalue weighted by Crippen LogP contribution is 2.46. The van der Waals surface area contributed by atoms with Crippen molar-refractivity contribution in [2.45, 2.75) is 109 Å². The van der Waals surface area contributed by atoms with Crippen LogP contribution in [0.2, 0.25) is 15.2 Å². The Morgan fingerprint density at radius 2 is 1.44 bits per heavy atom. The summed E-state index contributed by atoms with van der Waals surface area (Å²) in [6.07, 6.45) is 14.9. The largest absolute Gasteiger partial charge is 0.442 e. The fraction of sp³-hybridized carbons (Fsp3) is 0.489. The molecular formula is C45H51Cl3N12O2. The van der Waals surface area contributed by atoms with Gasteiger partial charge in [-0.25, -0.2) is 29.4 Å². The number of nitrogens with zero attached hydrogens (tertiary/aromatic N) is 10. The molecule has 3 unspecified atom stereocenters. The van der Waals surface area contributed by atoms with E-state index in [1.807, 2.05) is 58.7 Å².